The Bertz CT molecular complexity index is 802. The van der Waals surface area contributed by atoms with Gasteiger partial charge in [-0.05, 0) is 42.8 Å². The van der Waals surface area contributed by atoms with Crippen LogP contribution in [0.3, 0.4) is 0 Å². The van der Waals surface area contributed by atoms with Crippen LogP contribution in [-0.4, -0.2) is 15.0 Å². The molecule has 2 aromatic rings. The highest BCUT2D eigenvalue weighted by molar-refractivity contribution is 7.92. The van der Waals surface area contributed by atoms with Gasteiger partial charge in [-0.15, -0.1) is 0 Å². The zero-order chi connectivity index (χ0) is 15.3. The molecule has 5 heteroatoms. The Kier molecular flexibility index (Phi) is 4.63. The van der Waals surface area contributed by atoms with E-state index in [0.717, 1.165) is 5.56 Å². The maximum absolute atomic E-state index is 12.4. The lowest BCUT2D eigenvalue weighted by atomic mass is 10.2. The molecule has 0 unspecified atom stereocenters. The highest BCUT2D eigenvalue weighted by Crippen LogP contribution is 2.17. The SMILES string of the molecule is Cc1cccc(NS(=O)(=O)c2cccc(C#CCN)c2)c1. The molecule has 0 aliphatic heterocycles. The fourth-order valence-electron chi connectivity index (χ4n) is 1.82. The quantitative estimate of drug-likeness (QED) is 0.853. The third-order valence-electron chi connectivity index (χ3n) is 2.75. The van der Waals surface area contributed by atoms with E-state index in [9.17, 15) is 8.42 Å². The number of nitrogens with two attached hydrogens (primary N) is 1. The predicted octanol–water partition coefficient (Wildman–Crippen LogP) is 2.11. The lowest BCUT2D eigenvalue weighted by Gasteiger charge is -2.09. The summed E-state index contributed by atoms with van der Waals surface area (Å²) in [7, 11) is -3.63. The van der Waals surface area contributed by atoms with Crippen LogP contribution in [0.4, 0.5) is 5.69 Å². The van der Waals surface area contributed by atoms with E-state index in [-0.39, 0.29) is 11.4 Å². The average Bonchev–Trinajstić information content (AvgIpc) is 2.45. The van der Waals surface area contributed by atoms with E-state index in [2.05, 4.69) is 16.6 Å². The summed E-state index contributed by atoms with van der Waals surface area (Å²) < 4.78 is 27.3. The van der Waals surface area contributed by atoms with E-state index in [1.807, 2.05) is 13.0 Å². The average molecular weight is 300 g/mol. The zero-order valence-electron chi connectivity index (χ0n) is 11.6. The lowest BCUT2D eigenvalue weighted by molar-refractivity contribution is 0.601. The molecule has 0 saturated carbocycles. The van der Waals surface area contributed by atoms with Crippen LogP contribution in [0.5, 0.6) is 0 Å². The van der Waals surface area contributed by atoms with Crippen molar-refractivity contribution in [1.82, 2.24) is 0 Å². The van der Waals surface area contributed by atoms with Crippen LogP contribution in [-0.2, 0) is 10.0 Å². The molecule has 21 heavy (non-hydrogen) atoms. The highest BCUT2D eigenvalue weighted by Gasteiger charge is 2.14. The second-order valence-electron chi connectivity index (χ2n) is 4.51. The van der Waals surface area contributed by atoms with Gasteiger partial charge in [0.25, 0.3) is 10.0 Å². The van der Waals surface area contributed by atoms with Crippen molar-refractivity contribution in [3.05, 3.63) is 59.7 Å². The van der Waals surface area contributed by atoms with Crippen LogP contribution in [0.1, 0.15) is 11.1 Å². The van der Waals surface area contributed by atoms with Crippen molar-refractivity contribution in [1.29, 1.82) is 0 Å². The minimum absolute atomic E-state index is 0.174. The predicted molar refractivity (Wildman–Crippen MR) is 84.4 cm³/mol. The minimum atomic E-state index is -3.63. The molecule has 4 nitrogen and oxygen atoms in total. The Morgan fingerprint density at radius 1 is 1.14 bits per heavy atom. The number of aryl methyl sites for hydroxylation is 1. The van der Waals surface area contributed by atoms with Crippen molar-refractivity contribution in [3.8, 4) is 11.8 Å². The molecule has 2 aromatic carbocycles. The van der Waals surface area contributed by atoms with Crippen molar-refractivity contribution in [2.45, 2.75) is 11.8 Å². The van der Waals surface area contributed by atoms with Gasteiger partial charge >= 0.3 is 0 Å². The van der Waals surface area contributed by atoms with Gasteiger partial charge in [0.1, 0.15) is 0 Å². The minimum Gasteiger partial charge on any atom is -0.320 e. The maximum Gasteiger partial charge on any atom is 0.261 e. The van der Waals surface area contributed by atoms with Gasteiger partial charge < -0.3 is 5.73 Å². The van der Waals surface area contributed by atoms with Gasteiger partial charge in [-0.25, -0.2) is 8.42 Å². The molecule has 2 rings (SSSR count). The van der Waals surface area contributed by atoms with E-state index in [1.165, 1.54) is 12.1 Å². The van der Waals surface area contributed by atoms with Gasteiger partial charge in [-0.1, -0.05) is 30.0 Å². The molecule has 0 aliphatic carbocycles. The summed E-state index contributed by atoms with van der Waals surface area (Å²) in [4.78, 5) is 0.174. The molecule has 0 bridgehead atoms. The molecule has 0 aliphatic rings. The van der Waals surface area contributed by atoms with E-state index < -0.39 is 10.0 Å². The molecule has 108 valence electrons. The molecule has 0 atom stereocenters. The van der Waals surface area contributed by atoms with Crippen LogP contribution < -0.4 is 10.5 Å². The third-order valence-corrected chi connectivity index (χ3v) is 4.13. The normalized spacial score (nSPS) is 10.6. The first-order valence-corrected chi connectivity index (χ1v) is 7.88. The molecule has 0 saturated heterocycles. The van der Waals surface area contributed by atoms with Gasteiger partial charge in [0.2, 0.25) is 0 Å². The van der Waals surface area contributed by atoms with Crippen LogP contribution in [0, 0.1) is 18.8 Å². The fraction of sp³-hybridized carbons (Fsp3) is 0.125. The first kappa shape index (κ1) is 15.1. The van der Waals surface area contributed by atoms with Crippen LogP contribution >= 0.6 is 0 Å². The van der Waals surface area contributed by atoms with E-state index in [4.69, 9.17) is 5.73 Å². The Hall–Kier alpha value is -2.29. The number of sulfonamides is 1. The van der Waals surface area contributed by atoms with Gasteiger partial charge in [-0.3, -0.25) is 4.72 Å². The molecule has 3 N–H and O–H groups in total. The van der Waals surface area contributed by atoms with Gasteiger partial charge in [0.05, 0.1) is 11.4 Å². The molecule has 0 radical (unpaired) electrons. The van der Waals surface area contributed by atoms with E-state index >= 15 is 0 Å². The fourth-order valence-corrected chi connectivity index (χ4v) is 2.91. The van der Waals surface area contributed by atoms with Gasteiger partial charge in [0, 0.05) is 11.3 Å². The summed E-state index contributed by atoms with van der Waals surface area (Å²) in [6.07, 6.45) is 0. The summed E-state index contributed by atoms with van der Waals surface area (Å²) in [5.74, 6) is 5.53. The number of rotatable bonds is 3. The summed E-state index contributed by atoms with van der Waals surface area (Å²) in [5, 5.41) is 0. The molecule has 0 aromatic heterocycles. The molecule has 0 spiro atoms. The Labute approximate surface area is 125 Å². The topological polar surface area (TPSA) is 72.2 Å². The molecule has 0 fully saturated rings. The number of anilines is 1. The van der Waals surface area contributed by atoms with Crippen molar-refractivity contribution in [2.75, 3.05) is 11.3 Å². The summed E-state index contributed by atoms with van der Waals surface area (Å²) in [5.41, 5.74) is 7.45. The van der Waals surface area contributed by atoms with Crippen molar-refractivity contribution >= 4 is 15.7 Å². The van der Waals surface area contributed by atoms with Crippen molar-refractivity contribution in [3.63, 3.8) is 0 Å². The lowest BCUT2D eigenvalue weighted by Crippen LogP contribution is -2.13. The van der Waals surface area contributed by atoms with Gasteiger partial charge in [-0.2, -0.15) is 0 Å². The Morgan fingerprint density at radius 2 is 1.90 bits per heavy atom. The summed E-state index contributed by atoms with van der Waals surface area (Å²) in [6, 6.07) is 13.7. The number of nitrogens with one attached hydrogen (secondary N) is 1. The first-order valence-electron chi connectivity index (χ1n) is 6.40. The van der Waals surface area contributed by atoms with Crippen molar-refractivity contribution < 1.29 is 8.42 Å². The van der Waals surface area contributed by atoms with Crippen LogP contribution in [0.15, 0.2) is 53.4 Å². The highest BCUT2D eigenvalue weighted by atomic mass is 32.2. The van der Waals surface area contributed by atoms with E-state index in [1.54, 1.807) is 30.3 Å². The monoisotopic (exact) mass is 300 g/mol. The van der Waals surface area contributed by atoms with Crippen LogP contribution in [0.2, 0.25) is 0 Å². The smallest absolute Gasteiger partial charge is 0.261 e. The standard InChI is InChI=1S/C16H16N2O2S/c1-13-5-2-8-15(11-13)18-21(19,20)16-9-3-6-14(12-16)7-4-10-17/h2-3,5-6,8-9,11-12,18H,10,17H2,1H3. The number of hydrogen-bond donors (Lipinski definition) is 2. The van der Waals surface area contributed by atoms with E-state index in [0.29, 0.717) is 11.3 Å². The molecular formula is C16H16N2O2S. The Morgan fingerprint density at radius 3 is 2.62 bits per heavy atom. The Balaban J connectivity index is 2.31. The first-order chi connectivity index (χ1) is 10.0. The van der Waals surface area contributed by atoms with Crippen LogP contribution in [0.25, 0.3) is 0 Å². The zero-order valence-corrected chi connectivity index (χ0v) is 12.4. The van der Waals surface area contributed by atoms with Crippen molar-refractivity contribution in [2.24, 2.45) is 5.73 Å². The second kappa shape index (κ2) is 6.44. The van der Waals surface area contributed by atoms with Gasteiger partial charge in [0.15, 0.2) is 0 Å². The molecular weight excluding hydrogens is 284 g/mol. The number of hydrogen-bond acceptors (Lipinski definition) is 3. The molecule has 0 heterocycles. The summed E-state index contributed by atoms with van der Waals surface area (Å²) in [6.45, 7) is 2.14. The number of benzene rings is 2. The maximum atomic E-state index is 12.4. The molecule has 0 amide bonds. The third kappa shape index (κ3) is 4.09. The largest absolute Gasteiger partial charge is 0.320 e. The second-order valence-corrected chi connectivity index (χ2v) is 6.19. The summed E-state index contributed by atoms with van der Waals surface area (Å²) >= 11 is 0.